The molecule has 1 aliphatic heterocycles. The molecule has 1 aromatic carbocycles. The Balaban J connectivity index is 0.00000147. The second kappa shape index (κ2) is 14.1. The van der Waals surface area contributed by atoms with Crippen LogP contribution in [0.5, 0.6) is 0 Å². The lowest BCUT2D eigenvalue weighted by atomic mass is 10.0. The van der Waals surface area contributed by atoms with Crippen LogP contribution in [-0.4, -0.2) is 83.4 Å². The maximum atomic E-state index is 13.9. The van der Waals surface area contributed by atoms with Crippen LogP contribution in [0, 0.1) is 17.3 Å². The number of pyridine rings is 1. The standard InChI is InChI=1S/C26H25F3N8O.C2H5N/c1-36-6-8-37(9-7-36)15-18-3-4-20(11-22(18)26(27,28)29)35-25(38)19-10-17(12-32-13-19)2-5-23(30)21-14-33-16-34-24(21)31;1-3-2/h3-4,10-14,16,30H,6-9,15H2,1H3,(H,35,38)(H2,31,33,34);1H2,2H3. The zero-order valence-electron chi connectivity index (χ0n) is 22.7. The van der Waals surface area contributed by atoms with E-state index in [0.717, 1.165) is 19.2 Å². The summed E-state index contributed by atoms with van der Waals surface area (Å²) in [6.45, 7) is 6.25. The van der Waals surface area contributed by atoms with Crippen LogP contribution in [0.2, 0.25) is 0 Å². The number of likely N-dealkylation sites (N-methyl/N-ethyl adjacent to an activating group) is 1. The van der Waals surface area contributed by atoms with Gasteiger partial charge in [-0.2, -0.15) is 13.2 Å². The van der Waals surface area contributed by atoms with Crippen molar-refractivity contribution in [1.29, 1.82) is 5.41 Å². The second-order valence-corrected chi connectivity index (χ2v) is 9.13. The van der Waals surface area contributed by atoms with E-state index in [0.29, 0.717) is 18.7 Å². The van der Waals surface area contributed by atoms with Crippen molar-refractivity contribution in [3.8, 4) is 11.8 Å². The van der Waals surface area contributed by atoms with Crippen LogP contribution in [-0.2, 0) is 12.7 Å². The fourth-order valence-corrected chi connectivity index (χ4v) is 3.87. The SMILES string of the molecule is C=NC.CN1CCN(Cc2ccc(NC(=O)c3cncc(C#CC(=N)c4cncnc4N)c3)cc2C(F)(F)F)CC1. The minimum absolute atomic E-state index is 0.0160. The first-order chi connectivity index (χ1) is 19.5. The zero-order chi connectivity index (χ0) is 30.0. The van der Waals surface area contributed by atoms with Crippen LogP contribution >= 0.6 is 0 Å². The molecule has 3 heterocycles. The predicted octanol–water partition coefficient (Wildman–Crippen LogP) is 3.21. The van der Waals surface area contributed by atoms with Gasteiger partial charge in [0.15, 0.2) is 0 Å². The van der Waals surface area contributed by atoms with E-state index in [1.165, 1.54) is 43.1 Å². The first-order valence-corrected chi connectivity index (χ1v) is 12.4. The quantitative estimate of drug-likeness (QED) is 0.319. The van der Waals surface area contributed by atoms with Gasteiger partial charge in [0.05, 0.1) is 16.7 Å². The van der Waals surface area contributed by atoms with Crippen molar-refractivity contribution in [2.75, 3.05) is 51.3 Å². The molecule has 0 bridgehead atoms. The van der Waals surface area contributed by atoms with E-state index in [4.69, 9.17) is 11.1 Å². The number of hydrogen-bond donors (Lipinski definition) is 3. The van der Waals surface area contributed by atoms with Gasteiger partial charge in [-0.05, 0) is 43.4 Å². The van der Waals surface area contributed by atoms with Gasteiger partial charge in [-0.1, -0.05) is 12.0 Å². The van der Waals surface area contributed by atoms with Crippen LogP contribution in [0.3, 0.4) is 0 Å². The highest BCUT2D eigenvalue weighted by Crippen LogP contribution is 2.34. The number of nitrogen functional groups attached to an aromatic ring is 1. The highest BCUT2D eigenvalue weighted by Gasteiger charge is 2.34. The second-order valence-electron chi connectivity index (χ2n) is 9.13. The van der Waals surface area contributed by atoms with Crippen molar-refractivity contribution in [3.05, 3.63) is 77.0 Å². The molecule has 0 spiro atoms. The summed E-state index contributed by atoms with van der Waals surface area (Å²) in [6.07, 6.45) is 0.729. The topological polar surface area (TPSA) is 136 Å². The van der Waals surface area contributed by atoms with E-state index >= 15 is 0 Å². The number of carbonyl (C=O) groups excluding carboxylic acids is 1. The lowest BCUT2D eigenvalue weighted by Crippen LogP contribution is -2.44. The van der Waals surface area contributed by atoms with E-state index in [1.54, 1.807) is 7.05 Å². The largest absolute Gasteiger partial charge is 0.416 e. The number of aromatic nitrogens is 3. The molecule has 3 aromatic rings. The minimum Gasteiger partial charge on any atom is -0.383 e. The Kier molecular flexibility index (Phi) is 10.6. The summed E-state index contributed by atoms with van der Waals surface area (Å²) < 4.78 is 41.6. The third-order valence-corrected chi connectivity index (χ3v) is 6.01. The van der Waals surface area contributed by atoms with E-state index in [9.17, 15) is 18.0 Å². The first kappa shape index (κ1) is 30.9. The Morgan fingerprint density at radius 2 is 1.88 bits per heavy atom. The van der Waals surface area contributed by atoms with Crippen LogP contribution in [0.4, 0.5) is 24.7 Å². The fraction of sp³-hybridized carbons (Fsp3) is 0.286. The van der Waals surface area contributed by atoms with E-state index < -0.39 is 17.6 Å². The number of halogens is 3. The number of carbonyl (C=O) groups is 1. The van der Waals surface area contributed by atoms with Gasteiger partial charge in [0.1, 0.15) is 17.9 Å². The smallest absolute Gasteiger partial charge is 0.383 e. The molecule has 2 aromatic heterocycles. The molecule has 0 radical (unpaired) electrons. The number of piperazine rings is 1. The summed E-state index contributed by atoms with van der Waals surface area (Å²) in [5.74, 6) is 4.80. The Morgan fingerprint density at radius 3 is 2.54 bits per heavy atom. The Morgan fingerprint density at radius 1 is 1.17 bits per heavy atom. The Hall–Kier alpha value is -4.67. The number of aliphatic imine (C=N–C) groups is 1. The van der Waals surface area contributed by atoms with Gasteiger partial charge in [0.25, 0.3) is 5.91 Å². The molecule has 4 rings (SSSR count). The molecule has 4 N–H and O–H groups in total. The van der Waals surface area contributed by atoms with Gasteiger partial charge in [-0.15, -0.1) is 0 Å². The lowest BCUT2D eigenvalue weighted by molar-refractivity contribution is -0.138. The summed E-state index contributed by atoms with van der Waals surface area (Å²) in [6, 6.07) is 5.25. The van der Waals surface area contributed by atoms with Crippen molar-refractivity contribution in [2.45, 2.75) is 12.7 Å². The fourth-order valence-electron chi connectivity index (χ4n) is 3.87. The molecule has 214 valence electrons. The van der Waals surface area contributed by atoms with Crippen molar-refractivity contribution in [1.82, 2.24) is 24.8 Å². The Labute approximate surface area is 236 Å². The van der Waals surface area contributed by atoms with E-state index in [2.05, 4.69) is 48.7 Å². The number of benzene rings is 1. The molecule has 13 heteroatoms. The molecule has 1 amide bonds. The van der Waals surface area contributed by atoms with Gasteiger partial charge in [0, 0.05) is 69.6 Å². The van der Waals surface area contributed by atoms with Crippen molar-refractivity contribution < 1.29 is 18.0 Å². The van der Waals surface area contributed by atoms with Gasteiger partial charge in [-0.3, -0.25) is 20.1 Å². The predicted molar refractivity (Wildman–Crippen MR) is 152 cm³/mol. The molecule has 1 saturated heterocycles. The van der Waals surface area contributed by atoms with Crippen LogP contribution < -0.4 is 11.1 Å². The monoisotopic (exact) mass is 565 g/mol. The summed E-state index contributed by atoms with van der Waals surface area (Å²) >= 11 is 0. The van der Waals surface area contributed by atoms with Gasteiger partial charge >= 0.3 is 6.18 Å². The number of rotatable bonds is 5. The summed E-state index contributed by atoms with van der Waals surface area (Å²) in [7, 11) is 3.62. The molecule has 1 fully saturated rings. The Bertz CT molecular complexity index is 1460. The van der Waals surface area contributed by atoms with Gasteiger partial charge in [0.2, 0.25) is 0 Å². The van der Waals surface area contributed by atoms with Crippen molar-refractivity contribution in [3.63, 3.8) is 0 Å². The molecule has 0 aliphatic carbocycles. The highest BCUT2D eigenvalue weighted by molar-refractivity contribution is 6.13. The average Bonchev–Trinajstić information content (AvgIpc) is 2.94. The van der Waals surface area contributed by atoms with Crippen molar-refractivity contribution >= 4 is 29.8 Å². The van der Waals surface area contributed by atoms with Crippen LogP contribution in [0.15, 0.2) is 54.2 Å². The molecule has 0 saturated carbocycles. The summed E-state index contributed by atoms with van der Waals surface area (Å²) in [4.78, 5) is 31.8. The van der Waals surface area contributed by atoms with Gasteiger partial charge in [-0.25, -0.2) is 9.97 Å². The number of amides is 1. The van der Waals surface area contributed by atoms with E-state index in [1.807, 2.05) is 11.9 Å². The number of nitrogens with one attached hydrogen (secondary N) is 2. The molecule has 41 heavy (non-hydrogen) atoms. The molecular weight excluding hydrogens is 535 g/mol. The maximum Gasteiger partial charge on any atom is 0.416 e. The minimum atomic E-state index is -4.57. The normalized spacial score (nSPS) is 13.7. The lowest BCUT2D eigenvalue weighted by Gasteiger charge is -2.33. The molecule has 0 atom stereocenters. The highest BCUT2D eigenvalue weighted by atomic mass is 19.4. The molecule has 0 unspecified atom stereocenters. The van der Waals surface area contributed by atoms with Crippen molar-refractivity contribution in [2.24, 2.45) is 4.99 Å². The van der Waals surface area contributed by atoms with Crippen LogP contribution in [0.1, 0.15) is 32.6 Å². The third kappa shape index (κ3) is 8.92. The number of nitrogens with zero attached hydrogens (tertiary/aromatic N) is 6. The zero-order valence-corrected chi connectivity index (χ0v) is 22.7. The maximum absolute atomic E-state index is 13.9. The number of alkyl halides is 3. The van der Waals surface area contributed by atoms with Gasteiger partial charge < -0.3 is 20.9 Å². The number of hydrogen-bond acceptors (Lipinski definition) is 9. The number of nitrogens with two attached hydrogens (primary N) is 1. The first-order valence-electron chi connectivity index (χ1n) is 12.4. The van der Waals surface area contributed by atoms with E-state index in [-0.39, 0.29) is 40.5 Å². The third-order valence-electron chi connectivity index (χ3n) is 6.01. The number of anilines is 2. The molecule has 1 aliphatic rings. The summed E-state index contributed by atoms with van der Waals surface area (Å²) in [5.41, 5.74) is 5.69. The van der Waals surface area contributed by atoms with Crippen LogP contribution in [0.25, 0.3) is 0 Å². The molecular formula is C28H30F3N9O. The molecule has 10 nitrogen and oxygen atoms in total. The summed E-state index contributed by atoms with van der Waals surface area (Å²) in [5, 5.41) is 10.6. The average molecular weight is 566 g/mol.